The Balaban J connectivity index is 1.31. The van der Waals surface area contributed by atoms with Crippen LogP contribution in [0.5, 0.6) is 0 Å². The lowest BCUT2D eigenvalue weighted by Gasteiger charge is -2.34. The SMILES string of the molecule is CCc1ccc(CN2CCN(Cc3ccc4ccccc4c3)CC2)cc1. The van der Waals surface area contributed by atoms with Gasteiger partial charge in [0.2, 0.25) is 0 Å². The van der Waals surface area contributed by atoms with Gasteiger partial charge in [0.1, 0.15) is 0 Å². The van der Waals surface area contributed by atoms with Crippen LogP contribution < -0.4 is 0 Å². The minimum atomic E-state index is 1.06. The second kappa shape index (κ2) is 8.03. The van der Waals surface area contributed by atoms with E-state index in [1.807, 2.05) is 0 Å². The van der Waals surface area contributed by atoms with Gasteiger partial charge >= 0.3 is 0 Å². The highest BCUT2D eigenvalue weighted by molar-refractivity contribution is 5.82. The standard InChI is InChI=1S/C24H28N2/c1-2-20-7-9-21(10-8-20)18-25-13-15-26(16-14-25)19-22-11-12-23-5-3-4-6-24(23)17-22/h3-12,17H,2,13-16,18-19H2,1H3. The molecule has 0 atom stereocenters. The molecule has 1 aliphatic heterocycles. The Labute approximate surface area is 157 Å². The van der Waals surface area contributed by atoms with Crippen molar-refractivity contribution in [1.29, 1.82) is 0 Å². The third kappa shape index (κ3) is 4.14. The van der Waals surface area contributed by atoms with E-state index in [1.165, 1.54) is 27.5 Å². The van der Waals surface area contributed by atoms with Crippen LogP contribution in [0.1, 0.15) is 23.6 Å². The molecule has 0 spiro atoms. The van der Waals surface area contributed by atoms with E-state index in [0.717, 1.165) is 45.7 Å². The van der Waals surface area contributed by atoms with Crippen molar-refractivity contribution < 1.29 is 0 Å². The van der Waals surface area contributed by atoms with Crippen LogP contribution in [0.3, 0.4) is 0 Å². The molecule has 0 radical (unpaired) electrons. The van der Waals surface area contributed by atoms with E-state index in [-0.39, 0.29) is 0 Å². The molecule has 0 unspecified atom stereocenters. The predicted molar refractivity (Wildman–Crippen MR) is 110 cm³/mol. The minimum Gasteiger partial charge on any atom is -0.297 e. The van der Waals surface area contributed by atoms with Gasteiger partial charge in [-0.05, 0) is 39.9 Å². The van der Waals surface area contributed by atoms with Crippen molar-refractivity contribution in [2.75, 3.05) is 26.2 Å². The van der Waals surface area contributed by atoms with Gasteiger partial charge in [-0.25, -0.2) is 0 Å². The number of nitrogens with zero attached hydrogens (tertiary/aromatic N) is 2. The number of aryl methyl sites for hydroxylation is 1. The van der Waals surface area contributed by atoms with Crippen LogP contribution >= 0.6 is 0 Å². The van der Waals surface area contributed by atoms with Crippen molar-refractivity contribution in [2.24, 2.45) is 0 Å². The molecule has 1 aliphatic rings. The molecule has 26 heavy (non-hydrogen) atoms. The topological polar surface area (TPSA) is 6.48 Å². The van der Waals surface area contributed by atoms with Crippen molar-refractivity contribution >= 4 is 10.8 Å². The molecule has 134 valence electrons. The van der Waals surface area contributed by atoms with Crippen LogP contribution in [0.4, 0.5) is 0 Å². The van der Waals surface area contributed by atoms with Crippen LogP contribution in [0.2, 0.25) is 0 Å². The number of piperazine rings is 1. The third-order valence-corrected chi connectivity index (χ3v) is 5.52. The smallest absolute Gasteiger partial charge is 0.0235 e. The highest BCUT2D eigenvalue weighted by atomic mass is 15.3. The summed E-state index contributed by atoms with van der Waals surface area (Å²) in [7, 11) is 0. The van der Waals surface area contributed by atoms with Crippen molar-refractivity contribution in [3.63, 3.8) is 0 Å². The Morgan fingerprint density at radius 3 is 1.81 bits per heavy atom. The van der Waals surface area contributed by atoms with Gasteiger partial charge in [-0.15, -0.1) is 0 Å². The van der Waals surface area contributed by atoms with E-state index in [1.54, 1.807) is 0 Å². The fraction of sp³-hybridized carbons (Fsp3) is 0.333. The summed E-state index contributed by atoms with van der Waals surface area (Å²) >= 11 is 0. The van der Waals surface area contributed by atoms with Gasteiger partial charge in [0, 0.05) is 39.3 Å². The van der Waals surface area contributed by atoms with Crippen LogP contribution in [-0.2, 0) is 19.5 Å². The third-order valence-electron chi connectivity index (χ3n) is 5.52. The summed E-state index contributed by atoms with van der Waals surface area (Å²) in [5.74, 6) is 0. The zero-order valence-corrected chi connectivity index (χ0v) is 15.7. The molecule has 4 rings (SSSR count). The normalized spacial score (nSPS) is 16.2. The van der Waals surface area contributed by atoms with Crippen LogP contribution in [0.15, 0.2) is 66.7 Å². The van der Waals surface area contributed by atoms with E-state index >= 15 is 0 Å². The first kappa shape index (κ1) is 17.3. The lowest BCUT2D eigenvalue weighted by molar-refractivity contribution is 0.122. The van der Waals surface area contributed by atoms with E-state index in [2.05, 4.69) is 83.5 Å². The lowest BCUT2D eigenvalue weighted by atomic mass is 10.1. The first-order chi connectivity index (χ1) is 12.8. The Morgan fingerprint density at radius 1 is 0.615 bits per heavy atom. The van der Waals surface area contributed by atoms with E-state index in [4.69, 9.17) is 0 Å². The second-order valence-electron chi connectivity index (χ2n) is 7.40. The zero-order chi connectivity index (χ0) is 17.8. The highest BCUT2D eigenvalue weighted by Crippen LogP contribution is 2.18. The average Bonchev–Trinajstić information content (AvgIpc) is 2.70. The Kier molecular flexibility index (Phi) is 5.33. The molecule has 0 N–H and O–H groups in total. The number of fused-ring (bicyclic) bond motifs is 1. The van der Waals surface area contributed by atoms with Crippen LogP contribution in [0, 0.1) is 0 Å². The Morgan fingerprint density at radius 2 is 1.15 bits per heavy atom. The van der Waals surface area contributed by atoms with Gasteiger partial charge in [0.15, 0.2) is 0 Å². The van der Waals surface area contributed by atoms with Gasteiger partial charge in [-0.2, -0.15) is 0 Å². The van der Waals surface area contributed by atoms with Crippen molar-refractivity contribution in [2.45, 2.75) is 26.4 Å². The predicted octanol–water partition coefficient (Wildman–Crippen LogP) is 4.72. The summed E-state index contributed by atoms with van der Waals surface area (Å²) in [5.41, 5.74) is 4.28. The summed E-state index contributed by atoms with van der Waals surface area (Å²) in [4.78, 5) is 5.17. The van der Waals surface area contributed by atoms with Crippen LogP contribution in [0.25, 0.3) is 10.8 Å². The Hall–Kier alpha value is -2.16. The molecule has 1 fully saturated rings. The second-order valence-corrected chi connectivity index (χ2v) is 7.40. The van der Waals surface area contributed by atoms with E-state index < -0.39 is 0 Å². The van der Waals surface area contributed by atoms with Crippen LogP contribution in [-0.4, -0.2) is 36.0 Å². The summed E-state index contributed by atoms with van der Waals surface area (Å²) in [5, 5.41) is 2.68. The lowest BCUT2D eigenvalue weighted by Crippen LogP contribution is -2.45. The molecule has 2 nitrogen and oxygen atoms in total. The molecule has 0 saturated carbocycles. The Bertz CT molecular complexity index is 845. The number of rotatable bonds is 5. The maximum absolute atomic E-state index is 2.58. The summed E-state index contributed by atoms with van der Waals surface area (Å²) in [6.45, 7) is 8.97. The molecule has 0 aliphatic carbocycles. The molecule has 0 bridgehead atoms. The molecular formula is C24H28N2. The summed E-state index contributed by atoms with van der Waals surface area (Å²) in [6, 6.07) is 24.6. The van der Waals surface area contributed by atoms with E-state index in [0.29, 0.717) is 0 Å². The monoisotopic (exact) mass is 344 g/mol. The maximum atomic E-state index is 2.58. The largest absolute Gasteiger partial charge is 0.297 e. The summed E-state index contributed by atoms with van der Waals surface area (Å²) < 4.78 is 0. The molecule has 0 aromatic heterocycles. The molecular weight excluding hydrogens is 316 g/mol. The highest BCUT2D eigenvalue weighted by Gasteiger charge is 2.17. The average molecular weight is 345 g/mol. The van der Waals surface area contributed by atoms with Crippen molar-refractivity contribution in [1.82, 2.24) is 9.80 Å². The van der Waals surface area contributed by atoms with Gasteiger partial charge in [0.05, 0.1) is 0 Å². The molecule has 1 saturated heterocycles. The molecule has 3 aromatic carbocycles. The quantitative estimate of drug-likeness (QED) is 0.661. The first-order valence-corrected chi connectivity index (χ1v) is 9.80. The molecule has 1 heterocycles. The van der Waals surface area contributed by atoms with Gasteiger partial charge in [0.25, 0.3) is 0 Å². The summed E-state index contributed by atoms with van der Waals surface area (Å²) in [6.07, 6.45) is 1.12. The van der Waals surface area contributed by atoms with Gasteiger partial charge < -0.3 is 0 Å². The maximum Gasteiger partial charge on any atom is 0.0235 e. The minimum absolute atomic E-state index is 1.06. The number of hydrogen-bond donors (Lipinski definition) is 0. The fourth-order valence-electron chi connectivity index (χ4n) is 3.84. The number of hydrogen-bond acceptors (Lipinski definition) is 2. The molecule has 3 aromatic rings. The molecule has 0 amide bonds. The van der Waals surface area contributed by atoms with Gasteiger partial charge in [-0.3, -0.25) is 9.80 Å². The van der Waals surface area contributed by atoms with Crippen molar-refractivity contribution in [3.05, 3.63) is 83.4 Å². The molecule has 2 heteroatoms. The zero-order valence-electron chi connectivity index (χ0n) is 15.7. The van der Waals surface area contributed by atoms with Crippen molar-refractivity contribution in [3.8, 4) is 0 Å². The van der Waals surface area contributed by atoms with E-state index in [9.17, 15) is 0 Å². The number of benzene rings is 3. The first-order valence-electron chi connectivity index (χ1n) is 9.80. The fourth-order valence-corrected chi connectivity index (χ4v) is 3.84. The van der Waals surface area contributed by atoms with Gasteiger partial charge in [-0.1, -0.05) is 67.6 Å².